The van der Waals surface area contributed by atoms with Crippen LogP contribution in [0.3, 0.4) is 0 Å². The molecule has 196 valence electrons. The first-order chi connectivity index (χ1) is 17.1. The minimum absolute atomic E-state index is 0.0410. The summed E-state index contributed by atoms with van der Waals surface area (Å²) < 4.78 is 2.01. The van der Waals surface area contributed by atoms with Gasteiger partial charge in [-0.1, -0.05) is 20.8 Å². The maximum atomic E-state index is 13.5. The van der Waals surface area contributed by atoms with Crippen LogP contribution in [-0.4, -0.2) is 81.5 Å². The van der Waals surface area contributed by atoms with Crippen molar-refractivity contribution in [1.29, 1.82) is 0 Å². The van der Waals surface area contributed by atoms with Crippen LogP contribution in [0.2, 0.25) is 0 Å². The van der Waals surface area contributed by atoms with Gasteiger partial charge >= 0.3 is 0 Å². The number of fused-ring (bicyclic) bond motifs is 2. The summed E-state index contributed by atoms with van der Waals surface area (Å²) in [5.41, 5.74) is 7.90. The predicted octanol–water partition coefficient (Wildman–Crippen LogP) is -0.760. The molecule has 0 aromatic carbocycles. The number of hydrogen-bond donors (Lipinski definition) is 3. The van der Waals surface area contributed by atoms with Crippen LogP contribution in [0.1, 0.15) is 44.9 Å². The van der Waals surface area contributed by atoms with E-state index in [9.17, 15) is 19.2 Å². The zero-order valence-electron chi connectivity index (χ0n) is 21.3. The van der Waals surface area contributed by atoms with Crippen LogP contribution in [-0.2, 0) is 38.7 Å². The minimum atomic E-state index is -0.945. The normalized spacial score (nSPS) is 29.3. The van der Waals surface area contributed by atoms with Gasteiger partial charge in [-0.2, -0.15) is 5.10 Å². The van der Waals surface area contributed by atoms with Crippen LogP contribution in [0.5, 0.6) is 0 Å². The topological polar surface area (TPSA) is 143 Å². The Morgan fingerprint density at radius 1 is 1.31 bits per heavy atom. The SMILES string of the molecule is CCc1cnn2c1CN(CC(=O)N1C[C@H]3[C@@H]([C@H]1C(=O)N[C@@H](C[C@@H]1CCNC1=O)C(N)=O)C3(C)C)CC2. The van der Waals surface area contributed by atoms with Gasteiger partial charge < -0.3 is 21.3 Å². The van der Waals surface area contributed by atoms with Crippen molar-refractivity contribution in [3.05, 3.63) is 17.5 Å². The first kappa shape index (κ1) is 24.7. The summed E-state index contributed by atoms with van der Waals surface area (Å²) >= 11 is 0. The molecule has 36 heavy (non-hydrogen) atoms. The molecule has 4 amide bonds. The van der Waals surface area contributed by atoms with Gasteiger partial charge in [0.1, 0.15) is 12.1 Å². The maximum absolute atomic E-state index is 13.5. The molecular formula is C25H37N7O4. The van der Waals surface area contributed by atoms with Crippen molar-refractivity contribution < 1.29 is 19.2 Å². The molecule has 5 atom stereocenters. The number of primary amides is 1. The Bertz CT molecular complexity index is 1070. The van der Waals surface area contributed by atoms with Gasteiger partial charge in [0, 0.05) is 32.1 Å². The molecule has 1 aliphatic carbocycles. The fourth-order valence-electron chi connectivity index (χ4n) is 6.57. The van der Waals surface area contributed by atoms with Crippen molar-refractivity contribution >= 4 is 23.6 Å². The van der Waals surface area contributed by atoms with E-state index in [1.165, 1.54) is 5.56 Å². The molecular weight excluding hydrogens is 462 g/mol. The molecule has 4 aliphatic rings. The van der Waals surface area contributed by atoms with E-state index in [4.69, 9.17) is 5.73 Å². The molecule has 0 spiro atoms. The third-order valence-corrected chi connectivity index (χ3v) is 8.92. The molecule has 4 heterocycles. The van der Waals surface area contributed by atoms with Gasteiger partial charge in [0.25, 0.3) is 0 Å². The summed E-state index contributed by atoms with van der Waals surface area (Å²) in [7, 11) is 0. The monoisotopic (exact) mass is 499 g/mol. The largest absolute Gasteiger partial charge is 0.368 e. The Labute approximate surface area is 211 Å². The van der Waals surface area contributed by atoms with E-state index in [0.717, 1.165) is 25.2 Å². The lowest BCUT2D eigenvalue weighted by Gasteiger charge is -2.34. The van der Waals surface area contributed by atoms with Gasteiger partial charge in [-0.15, -0.1) is 0 Å². The van der Waals surface area contributed by atoms with Crippen molar-refractivity contribution in [1.82, 2.24) is 30.2 Å². The van der Waals surface area contributed by atoms with Crippen LogP contribution < -0.4 is 16.4 Å². The van der Waals surface area contributed by atoms with E-state index in [2.05, 4.69) is 41.4 Å². The van der Waals surface area contributed by atoms with Crippen molar-refractivity contribution in [3.63, 3.8) is 0 Å². The van der Waals surface area contributed by atoms with E-state index in [0.29, 0.717) is 26.1 Å². The summed E-state index contributed by atoms with van der Waals surface area (Å²) in [5, 5.41) is 10.0. The van der Waals surface area contributed by atoms with E-state index in [1.807, 2.05) is 10.9 Å². The molecule has 11 nitrogen and oxygen atoms in total. The molecule has 11 heteroatoms. The van der Waals surface area contributed by atoms with Crippen LogP contribution in [0.25, 0.3) is 0 Å². The van der Waals surface area contributed by atoms with Gasteiger partial charge in [0.05, 0.1) is 25.0 Å². The lowest BCUT2D eigenvalue weighted by Crippen LogP contribution is -2.56. The van der Waals surface area contributed by atoms with Crippen LogP contribution in [0, 0.1) is 23.2 Å². The number of aromatic nitrogens is 2. The molecule has 3 aliphatic heterocycles. The molecule has 1 aromatic rings. The summed E-state index contributed by atoms with van der Waals surface area (Å²) in [6.07, 6.45) is 3.58. The summed E-state index contributed by atoms with van der Waals surface area (Å²) in [5.74, 6) is -1.27. The number of carbonyl (C=O) groups is 4. The van der Waals surface area contributed by atoms with E-state index >= 15 is 0 Å². The second kappa shape index (κ2) is 9.17. The molecule has 1 saturated carbocycles. The maximum Gasteiger partial charge on any atom is 0.243 e. The van der Waals surface area contributed by atoms with Crippen LogP contribution in [0.4, 0.5) is 0 Å². The highest BCUT2D eigenvalue weighted by Gasteiger charge is 2.69. The number of piperidine rings is 1. The Balaban J connectivity index is 1.27. The molecule has 0 radical (unpaired) electrons. The van der Waals surface area contributed by atoms with Gasteiger partial charge in [-0.05, 0) is 42.1 Å². The van der Waals surface area contributed by atoms with Gasteiger partial charge in [0.2, 0.25) is 23.6 Å². The van der Waals surface area contributed by atoms with Crippen LogP contribution >= 0.6 is 0 Å². The molecule has 5 rings (SSSR count). The average molecular weight is 500 g/mol. The summed E-state index contributed by atoms with van der Waals surface area (Å²) in [6, 6.07) is -1.59. The van der Waals surface area contributed by atoms with Crippen molar-refractivity contribution in [2.24, 2.45) is 28.9 Å². The zero-order chi connectivity index (χ0) is 25.8. The van der Waals surface area contributed by atoms with Gasteiger partial charge in [-0.3, -0.25) is 28.8 Å². The predicted molar refractivity (Wildman–Crippen MR) is 130 cm³/mol. The molecule has 1 aromatic heterocycles. The number of aryl methyl sites for hydroxylation is 1. The standard InChI is InChI=1S/C25H37N7O4/c1-4-14-10-28-32-8-7-30(12-18(14)32)13-19(33)31-11-16-20(25(16,2)3)21(31)24(36)29-17(22(26)34)9-15-5-6-27-23(15)35/h10,15-17,20-21H,4-9,11-13H2,1-3H3,(H2,26,34)(H,27,35)(H,29,36)/t15-,16-,17-,20-,21-/m0/s1. The Morgan fingerprint density at radius 3 is 2.75 bits per heavy atom. The molecule has 3 fully saturated rings. The van der Waals surface area contributed by atoms with Crippen LogP contribution in [0.15, 0.2) is 6.20 Å². The first-order valence-electron chi connectivity index (χ1n) is 13.0. The summed E-state index contributed by atoms with van der Waals surface area (Å²) in [4.78, 5) is 55.0. The Morgan fingerprint density at radius 2 is 2.08 bits per heavy atom. The number of hydrogen-bond acceptors (Lipinski definition) is 6. The fraction of sp³-hybridized carbons (Fsp3) is 0.720. The summed E-state index contributed by atoms with van der Waals surface area (Å²) in [6.45, 7) is 9.79. The van der Waals surface area contributed by atoms with Crippen molar-refractivity contribution in [2.45, 2.75) is 65.2 Å². The van der Waals surface area contributed by atoms with Gasteiger partial charge in [-0.25, -0.2) is 0 Å². The molecule has 0 unspecified atom stereocenters. The molecule has 2 saturated heterocycles. The second-order valence-corrected chi connectivity index (χ2v) is 11.3. The second-order valence-electron chi connectivity index (χ2n) is 11.3. The van der Waals surface area contributed by atoms with E-state index < -0.39 is 18.0 Å². The lowest BCUT2D eigenvalue weighted by molar-refractivity contribution is -0.142. The molecule has 4 N–H and O–H groups in total. The highest BCUT2D eigenvalue weighted by atomic mass is 16.2. The zero-order valence-corrected chi connectivity index (χ0v) is 21.3. The highest BCUT2D eigenvalue weighted by molar-refractivity contribution is 5.93. The third kappa shape index (κ3) is 4.27. The Hall–Kier alpha value is -2.95. The molecule has 0 bridgehead atoms. The van der Waals surface area contributed by atoms with Gasteiger partial charge in [0.15, 0.2) is 0 Å². The number of rotatable bonds is 8. The van der Waals surface area contributed by atoms with Crippen molar-refractivity contribution in [3.8, 4) is 0 Å². The number of amides is 4. The van der Waals surface area contributed by atoms with E-state index in [-0.39, 0.29) is 53.9 Å². The number of carbonyl (C=O) groups excluding carboxylic acids is 4. The number of nitrogens with zero attached hydrogens (tertiary/aromatic N) is 4. The smallest absolute Gasteiger partial charge is 0.243 e. The van der Waals surface area contributed by atoms with E-state index in [1.54, 1.807) is 4.90 Å². The van der Waals surface area contributed by atoms with Crippen molar-refractivity contribution in [2.75, 3.05) is 26.2 Å². The number of nitrogens with one attached hydrogen (secondary N) is 2. The third-order valence-electron chi connectivity index (χ3n) is 8.92. The lowest BCUT2D eigenvalue weighted by atomic mass is 9.96. The minimum Gasteiger partial charge on any atom is -0.368 e. The Kier molecular flexibility index (Phi) is 6.30. The quantitative estimate of drug-likeness (QED) is 0.429. The number of likely N-dealkylation sites (tertiary alicyclic amines) is 1. The first-order valence-corrected chi connectivity index (χ1v) is 13.0. The highest BCUT2D eigenvalue weighted by Crippen LogP contribution is 2.64. The average Bonchev–Trinajstić information content (AvgIpc) is 3.33. The number of nitrogens with two attached hydrogens (primary N) is 1. The fourth-order valence-corrected chi connectivity index (χ4v) is 6.57.